The van der Waals surface area contributed by atoms with Crippen molar-refractivity contribution < 1.29 is 4.74 Å². The first-order chi connectivity index (χ1) is 7.94. The van der Waals surface area contributed by atoms with Crippen LogP contribution < -0.4 is 0 Å². The molecule has 0 aliphatic heterocycles. The van der Waals surface area contributed by atoms with Crippen LogP contribution in [0.2, 0.25) is 25.7 Å². The van der Waals surface area contributed by atoms with E-state index in [-0.39, 0.29) is 0 Å². The number of amidine groups is 1. The molecule has 0 unspecified atom stereocenters. The maximum Gasteiger partial charge on any atom is 0.123 e. The molecule has 0 saturated heterocycles. The molecule has 0 rings (SSSR count). The maximum atomic E-state index is 5.70. The van der Waals surface area contributed by atoms with Crippen LogP contribution in [0.4, 0.5) is 0 Å². The fourth-order valence-corrected chi connectivity index (χ4v) is 2.12. The fourth-order valence-electron chi connectivity index (χ4n) is 1.36. The van der Waals surface area contributed by atoms with E-state index in [1.54, 1.807) is 6.20 Å². The molecule has 0 aromatic carbocycles. The maximum absolute atomic E-state index is 5.70. The van der Waals surface area contributed by atoms with Crippen LogP contribution in [0, 0.1) is 0 Å². The number of rotatable bonds is 8. The van der Waals surface area contributed by atoms with Gasteiger partial charge >= 0.3 is 0 Å². The predicted molar refractivity (Wildman–Crippen MR) is 79.3 cm³/mol. The second kappa shape index (κ2) is 8.47. The lowest BCUT2D eigenvalue weighted by atomic mass is 10.4. The van der Waals surface area contributed by atoms with Crippen molar-refractivity contribution in [2.75, 3.05) is 19.9 Å². The third kappa shape index (κ3) is 8.16. The van der Waals surface area contributed by atoms with E-state index in [0.29, 0.717) is 6.73 Å². The van der Waals surface area contributed by atoms with Crippen LogP contribution in [0.3, 0.4) is 0 Å². The molecule has 4 heteroatoms. The number of ether oxygens (including phenoxy) is 1. The first-order valence-corrected chi connectivity index (χ1v) is 10.2. The van der Waals surface area contributed by atoms with Gasteiger partial charge in [-0.1, -0.05) is 33.1 Å². The van der Waals surface area contributed by atoms with Gasteiger partial charge in [-0.15, -0.1) is 0 Å². The van der Waals surface area contributed by atoms with Gasteiger partial charge in [0, 0.05) is 33.8 Å². The summed E-state index contributed by atoms with van der Waals surface area (Å²) in [5.74, 6) is 1.05. The highest BCUT2D eigenvalue weighted by molar-refractivity contribution is 6.76. The molecule has 0 N–H and O–H groups in total. The van der Waals surface area contributed by atoms with E-state index in [4.69, 9.17) is 4.74 Å². The molecule has 3 nitrogen and oxygen atoms in total. The van der Waals surface area contributed by atoms with E-state index in [1.165, 1.54) is 6.04 Å². The summed E-state index contributed by atoms with van der Waals surface area (Å²) in [6.07, 6.45) is 2.71. The van der Waals surface area contributed by atoms with Crippen LogP contribution >= 0.6 is 0 Å². The minimum absolute atomic E-state index is 0.570. The molecule has 17 heavy (non-hydrogen) atoms. The predicted octanol–water partition coefficient (Wildman–Crippen LogP) is 3.57. The summed E-state index contributed by atoms with van der Waals surface area (Å²) in [6, 6.07) is 1.20. The fraction of sp³-hybridized carbons (Fsp3) is 0.769. The molecule has 0 aromatic rings. The number of hydrogen-bond donors (Lipinski definition) is 0. The minimum Gasteiger partial charge on any atom is -0.361 e. The lowest BCUT2D eigenvalue weighted by molar-refractivity contribution is 0.0926. The van der Waals surface area contributed by atoms with Crippen LogP contribution in [0.15, 0.2) is 17.8 Å². The van der Waals surface area contributed by atoms with Crippen LogP contribution in [0.5, 0.6) is 0 Å². The Morgan fingerprint density at radius 2 is 2.00 bits per heavy atom. The molecule has 0 heterocycles. The Morgan fingerprint density at radius 3 is 2.41 bits per heavy atom. The highest BCUT2D eigenvalue weighted by Gasteiger charge is 2.12. The molecule has 0 bridgehead atoms. The van der Waals surface area contributed by atoms with E-state index in [0.717, 1.165) is 25.4 Å². The van der Waals surface area contributed by atoms with Gasteiger partial charge in [-0.25, -0.2) is 0 Å². The average molecular weight is 256 g/mol. The third-order valence-corrected chi connectivity index (χ3v) is 4.14. The van der Waals surface area contributed by atoms with Crippen molar-refractivity contribution in [2.45, 2.75) is 46.0 Å². The summed E-state index contributed by atoms with van der Waals surface area (Å²) < 4.78 is 5.70. The van der Waals surface area contributed by atoms with Gasteiger partial charge in [0.2, 0.25) is 0 Å². The lowest BCUT2D eigenvalue weighted by Gasteiger charge is -2.22. The van der Waals surface area contributed by atoms with Crippen LogP contribution in [-0.4, -0.2) is 38.7 Å². The zero-order valence-corrected chi connectivity index (χ0v) is 13.1. The number of aliphatic imine (C=N–C) groups is 1. The zero-order chi connectivity index (χ0) is 13.3. The summed E-state index contributed by atoms with van der Waals surface area (Å²) in [6.45, 7) is 17.3. The van der Waals surface area contributed by atoms with Crippen molar-refractivity contribution in [2.24, 2.45) is 4.99 Å². The van der Waals surface area contributed by atoms with Gasteiger partial charge in [-0.2, -0.15) is 0 Å². The smallest absolute Gasteiger partial charge is 0.123 e. The van der Waals surface area contributed by atoms with Gasteiger partial charge in [0.05, 0.1) is 0 Å². The zero-order valence-electron chi connectivity index (χ0n) is 12.1. The van der Waals surface area contributed by atoms with Gasteiger partial charge in [0.15, 0.2) is 0 Å². The quantitative estimate of drug-likeness (QED) is 0.218. The van der Waals surface area contributed by atoms with E-state index < -0.39 is 8.07 Å². The lowest BCUT2D eigenvalue weighted by Crippen LogP contribution is -2.29. The summed E-state index contributed by atoms with van der Waals surface area (Å²) in [5.41, 5.74) is 0. The summed E-state index contributed by atoms with van der Waals surface area (Å²) in [7, 11) is -0.990. The molecule has 0 aromatic heterocycles. The highest BCUT2D eigenvalue weighted by atomic mass is 28.3. The molecule has 0 saturated carbocycles. The first kappa shape index (κ1) is 16.4. The summed E-state index contributed by atoms with van der Waals surface area (Å²) in [5, 5.41) is 0. The molecule has 0 spiro atoms. The van der Waals surface area contributed by atoms with Gasteiger partial charge in [0.25, 0.3) is 0 Å². The van der Waals surface area contributed by atoms with Gasteiger partial charge in [-0.05, 0) is 13.0 Å². The Balaban J connectivity index is 4.06. The van der Waals surface area contributed by atoms with Crippen molar-refractivity contribution in [3.63, 3.8) is 0 Å². The Bertz CT molecular complexity index is 246. The number of hydrogen-bond acceptors (Lipinski definition) is 2. The van der Waals surface area contributed by atoms with Crippen molar-refractivity contribution in [1.29, 1.82) is 0 Å². The van der Waals surface area contributed by atoms with Gasteiger partial charge < -0.3 is 9.64 Å². The van der Waals surface area contributed by atoms with E-state index in [1.807, 2.05) is 11.8 Å². The number of nitrogens with zero attached hydrogens (tertiary/aromatic N) is 2. The Kier molecular flexibility index (Phi) is 8.17. The molecule has 0 amide bonds. The Morgan fingerprint density at radius 1 is 1.35 bits per heavy atom. The second-order valence-electron chi connectivity index (χ2n) is 5.24. The van der Waals surface area contributed by atoms with E-state index >= 15 is 0 Å². The van der Waals surface area contributed by atoms with Crippen molar-refractivity contribution in [3.05, 3.63) is 12.8 Å². The monoisotopic (exact) mass is 256 g/mol. The van der Waals surface area contributed by atoms with Gasteiger partial charge in [0.1, 0.15) is 12.6 Å². The molecule has 0 atom stereocenters. The molecule has 100 valence electrons. The van der Waals surface area contributed by atoms with Crippen LogP contribution in [0.25, 0.3) is 0 Å². The standard InChI is InChI=1S/C13H28N2OSi/c1-7-13(14-8-2)15(9-3)12-16-10-11-17(4,5)6/h9H,3,7-8,10-12H2,1-2,4-6H3/b14-13+. The summed E-state index contributed by atoms with van der Waals surface area (Å²) in [4.78, 5) is 6.44. The normalized spacial score (nSPS) is 12.6. The highest BCUT2D eigenvalue weighted by Crippen LogP contribution is 2.08. The SMILES string of the molecule is C=CN(COCC[Si](C)(C)C)/C(CC)=N/CC. The molecular weight excluding hydrogens is 228 g/mol. The second-order valence-corrected chi connectivity index (χ2v) is 10.9. The average Bonchev–Trinajstić information content (AvgIpc) is 2.25. The minimum atomic E-state index is -0.990. The summed E-state index contributed by atoms with van der Waals surface area (Å²) >= 11 is 0. The van der Waals surface area contributed by atoms with E-state index in [2.05, 4.69) is 38.1 Å². The molecule has 0 aliphatic rings. The topological polar surface area (TPSA) is 24.8 Å². The Labute approximate surface area is 108 Å². The van der Waals surface area contributed by atoms with Gasteiger partial charge in [-0.3, -0.25) is 4.99 Å². The van der Waals surface area contributed by atoms with E-state index in [9.17, 15) is 0 Å². The van der Waals surface area contributed by atoms with Crippen LogP contribution in [0.1, 0.15) is 20.3 Å². The first-order valence-electron chi connectivity index (χ1n) is 6.44. The molecular formula is C13H28N2OSi. The molecule has 0 radical (unpaired) electrons. The molecule has 0 fully saturated rings. The largest absolute Gasteiger partial charge is 0.361 e. The van der Waals surface area contributed by atoms with Crippen molar-refractivity contribution in [3.8, 4) is 0 Å². The Hall–Kier alpha value is -0.613. The molecule has 0 aliphatic carbocycles. The van der Waals surface area contributed by atoms with Crippen LogP contribution in [-0.2, 0) is 4.74 Å². The van der Waals surface area contributed by atoms with Crippen molar-refractivity contribution in [1.82, 2.24) is 4.90 Å². The van der Waals surface area contributed by atoms with Crippen molar-refractivity contribution >= 4 is 13.9 Å². The third-order valence-electron chi connectivity index (χ3n) is 2.44.